The standard InChI is InChI=1S/C19H17N5O8/c1-11-19(22-32-24(11)29)14-7-16(30-2)17(8-15(14)23(27)28)31-10-18(26)21-20-9-12-3-5-13(25)6-4-12/h3-9,25H,10H2,1-2H3,(H,21,26)/b20-9+. The smallest absolute Gasteiger partial charge is 0.285 e. The predicted molar refractivity (Wildman–Crippen MR) is 108 cm³/mol. The van der Waals surface area contributed by atoms with E-state index in [0.717, 1.165) is 6.07 Å². The van der Waals surface area contributed by atoms with Crippen LogP contribution in [0.25, 0.3) is 11.3 Å². The van der Waals surface area contributed by atoms with Gasteiger partial charge in [-0.05, 0) is 34.7 Å². The molecule has 3 rings (SSSR count). The molecule has 0 aliphatic heterocycles. The summed E-state index contributed by atoms with van der Waals surface area (Å²) in [5.74, 6) is -0.532. The number of nitrogens with one attached hydrogen (secondary N) is 1. The van der Waals surface area contributed by atoms with Crippen molar-refractivity contribution in [2.24, 2.45) is 5.10 Å². The van der Waals surface area contributed by atoms with E-state index in [1.807, 2.05) is 0 Å². The molecule has 0 radical (unpaired) electrons. The summed E-state index contributed by atoms with van der Waals surface area (Å²) in [5, 5.41) is 39.6. The van der Waals surface area contributed by atoms with Gasteiger partial charge in [-0.25, -0.2) is 5.43 Å². The first-order valence-corrected chi connectivity index (χ1v) is 8.97. The highest BCUT2D eigenvalue weighted by molar-refractivity contribution is 5.83. The maximum absolute atomic E-state index is 12.0. The summed E-state index contributed by atoms with van der Waals surface area (Å²) in [6.07, 6.45) is 1.36. The summed E-state index contributed by atoms with van der Waals surface area (Å²) in [5.41, 5.74) is 2.44. The molecule has 13 heteroatoms. The molecule has 0 atom stereocenters. The van der Waals surface area contributed by atoms with Gasteiger partial charge in [0.2, 0.25) is 5.69 Å². The van der Waals surface area contributed by atoms with Crippen molar-refractivity contribution in [3.63, 3.8) is 0 Å². The molecular weight excluding hydrogens is 426 g/mol. The quantitative estimate of drug-likeness (QED) is 0.226. The number of hydrogen-bond donors (Lipinski definition) is 2. The molecule has 166 valence electrons. The molecule has 13 nitrogen and oxygen atoms in total. The normalized spacial score (nSPS) is 10.8. The Labute approximate surface area is 180 Å². The lowest BCUT2D eigenvalue weighted by Gasteiger charge is -2.11. The van der Waals surface area contributed by atoms with Crippen LogP contribution in [0.3, 0.4) is 0 Å². The van der Waals surface area contributed by atoms with Crippen molar-refractivity contribution in [1.29, 1.82) is 0 Å². The third-order valence-corrected chi connectivity index (χ3v) is 4.21. The number of phenols is 1. The van der Waals surface area contributed by atoms with Crippen molar-refractivity contribution < 1.29 is 33.8 Å². The number of nitro benzene ring substituents is 1. The van der Waals surface area contributed by atoms with Crippen LogP contribution in [0.5, 0.6) is 17.2 Å². The lowest BCUT2D eigenvalue weighted by molar-refractivity contribution is -0.806. The third-order valence-electron chi connectivity index (χ3n) is 4.21. The fourth-order valence-electron chi connectivity index (χ4n) is 2.61. The molecule has 0 aliphatic rings. The van der Waals surface area contributed by atoms with E-state index >= 15 is 0 Å². The fourth-order valence-corrected chi connectivity index (χ4v) is 2.61. The first-order valence-electron chi connectivity index (χ1n) is 8.97. The van der Waals surface area contributed by atoms with E-state index in [9.17, 15) is 25.2 Å². The number of hydrazone groups is 1. The highest BCUT2D eigenvalue weighted by atomic mass is 16.8. The van der Waals surface area contributed by atoms with Gasteiger partial charge >= 0.3 is 0 Å². The third kappa shape index (κ3) is 4.89. The van der Waals surface area contributed by atoms with Crippen molar-refractivity contribution in [3.05, 3.63) is 63.0 Å². The van der Waals surface area contributed by atoms with Crippen molar-refractivity contribution in [3.8, 4) is 28.5 Å². The zero-order valence-corrected chi connectivity index (χ0v) is 16.8. The van der Waals surface area contributed by atoms with E-state index in [4.69, 9.17) is 9.47 Å². The van der Waals surface area contributed by atoms with Crippen molar-refractivity contribution >= 4 is 17.8 Å². The summed E-state index contributed by atoms with van der Waals surface area (Å²) in [4.78, 5) is 23.0. The minimum absolute atomic E-state index is 0.0157. The summed E-state index contributed by atoms with van der Waals surface area (Å²) >= 11 is 0. The largest absolute Gasteiger partial charge is 0.508 e. The Morgan fingerprint density at radius 2 is 2.06 bits per heavy atom. The molecule has 0 spiro atoms. The van der Waals surface area contributed by atoms with Crippen LogP contribution in [0, 0.1) is 22.2 Å². The number of nitro groups is 1. The highest BCUT2D eigenvalue weighted by Gasteiger charge is 2.29. The summed E-state index contributed by atoms with van der Waals surface area (Å²) in [7, 11) is 1.31. The van der Waals surface area contributed by atoms with Crippen molar-refractivity contribution in [1.82, 2.24) is 10.6 Å². The Morgan fingerprint density at radius 3 is 2.66 bits per heavy atom. The molecule has 1 amide bonds. The van der Waals surface area contributed by atoms with Gasteiger partial charge in [-0.1, -0.05) is 0 Å². The Kier molecular flexibility index (Phi) is 6.48. The Bertz CT molecular complexity index is 1170. The number of carbonyl (C=O) groups excluding carboxylic acids is 1. The van der Waals surface area contributed by atoms with E-state index in [1.54, 1.807) is 12.1 Å². The molecule has 2 N–H and O–H groups in total. The number of carbonyl (C=O) groups is 1. The number of ether oxygens (including phenoxy) is 2. The molecule has 0 aliphatic carbocycles. The topological polar surface area (TPSA) is 176 Å². The van der Waals surface area contributed by atoms with Crippen LogP contribution in [-0.2, 0) is 4.79 Å². The van der Waals surface area contributed by atoms with Gasteiger partial charge < -0.3 is 19.8 Å². The number of aromatic hydroxyl groups is 1. The van der Waals surface area contributed by atoms with Crippen LogP contribution < -0.4 is 19.8 Å². The van der Waals surface area contributed by atoms with Crippen LogP contribution in [0.1, 0.15) is 11.3 Å². The molecule has 0 saturated carbocycles. The second kappa shape index (κ2) is 9.42. The van der Waals surface area contributed by atoms with Crippen molar-refractivity contribution in [2.75, 3.05) is 13.7 Å². The van der Waals surface area contributed by atoms with Gasteiger partial charge in [0.15, 0.2) is 18.1 Å². The van der Waals surface area contributed by atoms with Gasteiger partial charge in [0, 0.05) is 18.1 Å². The van der Waals surface area contributed by atoms with Crippen LogP contribution in [0.15, 0.2) is 46.1 Å². The predicted octanol–water partition coefficient (Wildman–Crippen LogP) is 1.43. The molecule has 0 saturated heterocycles. The molecule has 1 aromatic heterocycles. The number of amides is 1. The average molecular weight is 443 g/mol. The summed E-state index contributed by atoms with van der Waals surface area (Å²) in [6.45, 7) is 0.881. The monoisotopic (exact) mass is 443 g/mol. The van der Waals surface area contributed by atoms with Crippen LogP contribution in [0.2, 0.25) is 0 Å². The number of rotatable bonds is 8. The molecule has 32 heavy (non-hydrogen) atoms. The number of hydrogen-bond acceptors (Lipinski definition) is 10. The van der Waals surface area contributed by atoms with Gasteiger partial charge in [-0.3, -0.25) is 19.5 Å². The molecule has 1 heterocycles. The van der Waals surface area contributed by atoms with Gasteiger partial charge in [0.25, 0.3) is 17.3 Å². The Balaban J connectivity index is 1.75. The minimum Gasteiger partial charge on any atom is -0.508 e. The first kappa shape index (κ1) is 22.0. The van der Waals surface area contributed by atoms with Gasteiger partial charge in [-0.15, -0.1) is 0 Å². The molecular formula is C19H17N5O8. The van der Waals surface area contributed by atoms with E-state index < -0.39 is 23.1 Å². The number of nitrogens with zero attached hydrogens (tertiary/aromatic N) is 4. The first-order chi connectivity index (χ1) is 15.3. The summed E-state index contributed by atoms with van der Waals surface area (Å²) < 4.78 is 15.0. The Hall–Kier alpha value is -4.68. The fraction of sp³-hybridized carbons (Fsp3) is 0.158. The highest BCUT2D eigenvalue weighted by Crippen LogP contribution is 2.39. The second-order valence-electron chi connectivity index (χ2n) is 6.31. The van der Waals surface area contributed by atoms with Crippen LogP contribution in [-0.4, -0.2) is 41.0 Å². The molecule has 3 aromatic rings. The zero-order chi connectivity index (χ0) is 23.3. The van der Waals surface area contributed by atoms with E-state index in [1.165, 1.54) is 38.4 Å². The molecule has 2 aromatic carbocycles. The molecule has 0 unspecified atom stereocenters. The number of methoxy groups -OCH3 is 1. The minimum atomic E-state index is -0.688. The van der Waals surface area contributed by atoms with E-state index in [0.29, 0.717) is 5.56 Å². The maximum Gasteiger partial charge on any atom is 0.285 e. The number of aromatic nitrogens is 2. The number of benzene rings is 2. The van der Waals surface area contributed by atoms with Crippen LogP contribution >= 0.6 is 0 Å². The molecule has 0 fully saturated rings. The number of phenolic OH excluding ortho intramolecular Hbond substituents is 1. The van der Waals surface area contributed by atoms with E-state index in [2.05, 4.69) is 20.3 Å². The summed E-state index contributed by atoms with van der Waals surface area (Å²) in [6, 6.07) is 8.44. The SMILES string of the molecule is COc1cc(-c2no[n+]([O-])c2C)c([N+](=O)[O-])cc1OCC(=O)N/N=C/c1ccc(O)cc1. The van der Waals surface area contributed by atoms with Gasteiger partial charge in [0.1, 0.15) is 11.3 Å². The van der Waals surface area contributed by atoms with Gasteiger partial charge in [0.05, 0.1) is 24.3 Å². The van der Waals surface area contributed by atoms with Crippen LogP contribution in [0.4, 0.5) is 5.69 Å². The molecule has 0 bridgehead atoms. The van der Waals surface area contributed by atoms with Crippen molar-refractivity contribution in [2.45, 2.75) is 6.92 Å². The van der Waals surface area contributed by atoms with Gasteiger partial charge in [-0.2, -0.15) is 5.10 Å². The second-order valence-corrected chi connectivity index (χ2v) is 6.31. The lowest BCUT2D eigenvalue weighted by atomic mass is 10.1. The maximum atomic E-state index is 12.0. The Morgan fingerprint density at radius 1 is 1.34 bits per heavy atom. The van der Waals surface area contributed by atoms with E-state index in [-0.39, 0.29) is 39.1 Å². The lowest BCUT2D eigenvalue weighted by Crippen LogP contribution is -2.25. The average Bonchev–Trinajstić information content (AvgIpc) is 3.11. The zero-order valence-electron chi connectivity index (χ0n) is 16.8.